The highest BCUT2D eigenvalue weighted by molar-refractivity contribution is 5.73. The van der Waals surface area contributed by atoms with Crippen molar-refractivity contribution in [2.45, 2.75) is 67.2 Å². The second kappa shape index (κ2) is 7.14. The average molecular weight is 464 g/mol. The first kappa shape index (κ1) is 18.2. The van der Waals surface area contributed by atoms with Gasteiger partial charge in [0.15, 0.2) is 23.9 Å². The monoisotopic (exact) mass is 464 g/mol. The zero-order valence-corrected chi connectivity index (χ0v) is 17.7. The molecule has 2 fully saturated rings. The molecule has 10 nitrogen and oxygen atoms in total. The lowest BCUT2D eigenvalue weighted by Gasteiger charge is -2.57. The molecule has 0 amide bonds. The zero-order chi connectivity index (χ0) is 25.8. The maximum absolute atomic E-state index is 11.7. The molecule has 3 heterocycles. The number of carboxylic acid groups (broad SMARTS) is 1. The molecule has 0 unspecified atom stereocenters. The summed E-state index contributed by atoms with van der Waals surface area (Å²) in [5, 5.41) is 45.1. The predicted molar refractivity (Wildman–Crippen MR) is 111 cm³/mol. The summed E-state index contributed by atoms with van der Waals surface area (Å²) in [6, 6.07) is 3.61. The van der Waals surface area contributed by atoms with E-state index in [-0.39, 0.29) is 17.7 Å². The molecular weight excluding hydrogens is 434 g/mol. The van der Waals surface area contributed by atoms with Gasteiger partial charge < -0.3 is 44.6 Å². The van der Waals surface area contributed by atoms with E-state index in [1.807, 2.05) is 12.1 Å². The number of phenols is 1. The van der Waals surface area contributed by atoms with Crippen molar-refractivity contribution in [1.29, 1.82) is 1.43 Å². The third kappa shape index (κ3) is 2.73. The molecule has 10 heteroatoms. The molecule has 5 aliphatic rings. The molecule has 1 aromatic carbocycles. The van der Waals surface area contributed by atoms with Crippen molar-refractivity contribution in [3.63, 3.8) is 0 Å². The Bertz CT molecular complexity index is 1150. The number of piperidine rings is 1. The van der Waals surface area contributed by atoms with E-state index in [9.17, 15) is 25.2 Å². The summed E-state index contributed by atoms with van der Waals surface area (Å²) in [6.45, 7) is 0.739. The van der Waals surface area contributed by atoms with Crippen LogP contribution < -0.4 is 4.74 Å². The Kier molecular flexibility index (Phi) is 3.93. The van der Waals surface area contributed by atoms with E-state index in [1.165, 1.54) is 0 Å². The lowest BCUT2D eigenvalue weighted by molar-refractivity contribution is -0.307. The summed E-state index contributed by atoms with van der Waals surface area (Å²) in [5.74, 6) is -1.39. The fraction of sp³-hybridized carbons (Fsp3) is 0.609. The van der Waals surface area contributed by atoms with Crippen LogP contribution in [0.4, 0.5) is 0 Å². The van der Waals surface area contributed by atoms with Gasteiger partial charge in [-0.1, -0.05) is 18.2 Å². The van der Waals surface area contributed by atoms with Crippen molar-refractivity contribution in [1.82, 2.24) is 4.90 Å². The van der Waals surface area contributed by atoms with Gasteiger partial charge in [-0.3, -0.25) is 0 Å². The normalized spacial score (nSPS) is 51.1. The zero-order valence-electron chi connectivity index (χ0n) is 20.7. The summed E-state index contributed by atoms with van der Waals surface area (Å²) in [5.41, 5.74) is 1.30. The first-order valence-electron chi connectivity index (χ1n) is 12.4. The van der Waals surface area contributed by atoms with Crippen LogP contribution in [-0.2, 0) is 26.1 Å². The van der Waals surface area contributed by atoms with Crippen LogP contribution in [0.15, 0.2) is 24.3 Å². The third-order valence-corrected chi connectivity index (χ3v) is 7.95. The van der Waals surface area contributed by atoms with E-state index in [4.69, 9.17) is 18.4 Å². The number of carboxylic acids is 1. The minimum absolute atomic E-state index is 0.00188. The lowest BCUT2D eigenvalue weighted by atomic mass is 9.53. The van der Waals surface area contributed by atoms with Gasteiger partial charge >= 0.3 is 5.97 Å². The number of nitrogens with zero attached hydrogens (tertiary/aromatic N) is 1. The number of aliphatic hydroxyl groups is 3. The quantitative estimate of drug-likeness (QED) is 0.356. The van der Waals surface area contributed by atoms with E-state index >= 15 is 0 Å². The number of aromatic hydroxyl groups is 1. The summed E-state index contributed by atoms with van der Waals surface area (Å²) in [4.78, 5) is 13.9. The summed E-state index contributed by atoms with van der Waals surface area (Å²) >= 11 is 0. The van der Waals surface area contributed by atoms with Crippen LogP contribution in [0.2, 0.25) is 0 Å². The highest BCUT2D eigenvalue weighted by Crippen LogP contribution is 2.62. The molecule has 0 radical (unpaired) electrons. The number of aliphatic hydroxyl groups excluding tert-OH is 2. The van der Waals surface area contributed by atoms with Crippen LogP contribution in [-0.4, -0.2) is 100 Å². The highest BCUT2D eigenvalue weighted by atomic mass is 16.7. The van der Waals surface area contributed by atoms with E-state index in [1.54, 1.807) is 12.1 Å². The Balaban J connectivity index is 1.44. The minimum Gasteiger partial charge on any atom is -0.504 e. The van der Waals surface area contributed by atoms with Crippen molar-refractivity contribution in [3.05, 3.63) is 35.4 Å². The van der Waals surface area contributed by atoms with E-state index < -0.39 is 54.3 Å². The fourth-order valence-corrected chi connectivity index (χ4v) is 6.41. The fourth-order valence-electron chi connectivity index (χ4n) is 6.41. The Hall–Kier alpha value is -2.21. The van der Waals surface area contributed by atoms with Gasteiger partial charge in [0, 0.05) is 22.9 Å². The Morgan fingerprint density at radius 1 is 1.33 bits per heavy atom. The van der Waals surface area contributed by atoms with Gasteiger partial charge in [-0.2, -0.15) is 0 Å². The van der Waals surface area contributed by atoms with Crippen molar-refractivity contribution in [3.8, 4) is 11.5 Å². The van der Waals surface area contributed by atoms with Crippen LogP contribution in [0, 0.1) is 5.92 Å². The number of benzene rings is 1. The lowest BCUT2D eigenvalue weighted by Crippen LogP contribution is -2.66. The average Bonchev–Trinajstić information content (AvgIpc) is 3.20. The van der Waals surface area contributed by atoms with Gasteiger partial charge in [0.05, 0.1) is 2.74 Å². The third-order valence-electron chi connectivity index (χ3n) is 7.95. The topological polar surface area (TPSA) is 149 Å². The molecule has 2 aliphatic carbocycles. The maximum atomic E-state index is 11.7. The number of hydrogen-bond acceptors (Lipinski definition) is 9. The maximum Gasteiger partial charge on any atom is 0.335 e. The molecule has 178 valence electrons. The molecule has 6 rings (SSSR count). The van der Waals surface area contributed by atoms with Crippen LogP contribution in [0.25, 0.3) is 0 Å². The van der Waals surface area contributed by atoms with Crippen molar-refractivity contribution in [2.75, 3.05) is 13.6 Å². The first-order chi connectivity index (χ1) is 17.0. The van der Waals surface area contributed by atoms with E-state index in [0.717, 1.165) is 24.1 Å². The van der Waals surface area contributed by atoms with Gasteiger partial charge in [-0.25, -0.2) is 4.79 Å². The van der Waals surface area contributed by atoms with Gasteiger partial charge in [0.1, 0.15) is 30.5 Å². The van der Waals surface area contributed by atoms with Crippen LogP contribution in [0.5, 0.6) is 11.5 Å². The smallest absolute Gasteiger partial charge is 0.335 e. The van der Waals surface area contributed by atoms with Gasteiger partial charge in [-0.05, 0) is 38.1 Å². The summed E-state index contributed by atoms with van der Waals surface area (Å²) in [7, 11) is 2.05. The van der Waals surface area contributed by atoms with Gasteiger partial charge in [0.25, 0.3) is 0 Å². The molecular formula is C23H27NO9. The summed E-state index contributed by atoms with van der Waals surface area (Å²) in [6.07, 6.45) is -9.47. The van der Waals surface area contributed by atoms with Crippen LogP contribution in [0.3, 0.4) is 0 Å². The molecule has 5 N–H and O–H groups in total. The number of phenolic OH excluding ortho intramolecular Hbond substituents is 1. The van der Waals surface area contributed by atoms with E-state index in [2.05, 4.69) is 17.1 Å². The van der Waals surface area contributed by atoms with E-state index in [0.29, 0.717) is 12.2 Å². The largest absolute Gasteiger partial charge is 0.504 e. The minimum atomic E-state index is -3.03. The molecule has 10 atom stereocenters. The van der Waals surface area contributed by atoms with Crippen LogP contribution >= 0.6 is 0 Å². The molecule has 0 saturated carbocycles. The molecule has 33 heavy (non-hydrogen) atoms. The van der Waals surface area contributed by atoms with Crippen molar-refractivity contribution < 1.29 is 47.3 Å². The first-order valence-corrected chi connectivity index (χ1v) is 11.0. The molecule has 1 spiro atoms. The standard InChI is InChI=1S/C23H27NO9/c1-24-7-6-23-10-3-5-13(31-22-17(28)15(26)16(27)19(33-22)21(29)30)20(23)32-18-12(25)4-2-9(14(18)23)8-11(10)24/h2-5,10-11,13,15-17,19-20,22,25-28H,6-8H2,1H3,(H,29,30)/t10-,11+,13-,15-,16-,17+,19-,20-,22+,23-/m0/s1/i17D,22D,28D. The second-order valence-electron chi connectivity index (χ2n) is 9.49. The van der Waals surface area contributed by atoms with Crippen molar-refractivity contribution >= 4 is 5.97 Å². The summed E-state index contributed by atoms with van der Waals surface area (Å²) < 4.78 is 42.0. The number of likely N-dealkylation sites (N-methyl/N-ethyl adjacent to an activating group) is 1. The van der Waals surface area contributed by atoms with Crippen molar-refractivity contribution in [2.24, 2.45) is 5.92 Å². The molecule has 0 aromatic heterocycles. The number of rotatable bonds is 4. The number of ether oxygens (including phenoxy) is 3. The second-order valence-corrected chi connectivity index (χ2v) is 9.49. The Labute approximate surface area is 193 Å². The number of aliphatic carboxylic acids is 1. The highest BCUT2D eigenvalue weighted by Gasteiger charge is 2.65. The Morgan fingerprint density at radius 3 is 2.91 bits per heavy atom. The number of carbonyl (C=O) groups is 1. The van der Waals surface area contributed by atoms with Crippen LogP contribution in [0.1, 0.15) is 20.3 Å². The molecule has 2 bridgehead atoms. The number of hydrogen-bond donors (Lipinski definition) is 5. The number of likely N-dealkylation sites (tertiary alicyclic amines) is 1. The Morgan fingerprint density at radius 2 is 2.15 bits per heavy atom. The van der Waals surface area contributed by atoms with Gasteiger partial charge in [-0.15, -0.1) is 0 Å². The van der Waals surface area contributed by atoms with Gasteiger partial charge in [0.2, 0.25) is 1.43 Å². The molecule has 3 aliphatic heterocycles. The predicted octanol–water partition coefficient (Wildman–Crippen LogP) is -0.885. The SMILES string of the molecule is [2H]O[C@]1([2H])[C@@H](O)[C@H](O)[C@@H](C(=O)O)O[C@@]1([2H])O[C@H]1C=C[C@H]2[C@H]3Cc4ccc(O)c5c4[C@@]2(CCN3C)[C@H]1O5. The molecule has 2 saturated heterocycles. The molecule has 1 aromatic rings.